The normalized spacial score (nSPS) is 10.2. The Labute approximate surface area is 104 Å². The number of hydrogen-bond donors (Lipinski definition) is 1. The molecule has 1 aromatic heterocycles. The van der Waals surface area contributed by atoms with E-state index in [9.17, 15) is 0 Å². The Morgan fingerprint density at radius 1 is 1.24 bits per heavy atom. The lowest BCUT2D eigenvalue weighted by atomic mass is 10.3. The molecule has 5 heteroatoms. The molecule has 2 N–H and O–H groups in total. The Morgan fingerprint density at radius 3 is 2.76 bits per heavy atom. The van der Waals surface area contributed by atoms with Gasteiger partial charge in [-0.25, -0.2) is 4.98 Å². The van der Waals surface area contributed by atoms with Crippen molar-refractivity contribution in [2.24, 2.45) is 5.73 Å². The molecule has 2 rings (SSSR count). The second-order valence-electron chi connectivity index (χ2n) is 3.27. The summed E-state index contributed by atoms with van der Waals surface area (Å²) >= 11 is 1.51. The van der Waals surface area contributed by atoms with E-state index in [0.717, 1.165) is 21.4 Å². The lowest BCUT2D eigenvalue weighted by Gasteiger charge is -2.08. The van der Waals surface area contributed by atoms with Gasteiger partial charge in [-0.05, 0) is 12.1 Å². The van der Waals surface area contributed by atoms with Crippen LogP contribution in [0, 0.1) is 0 Å². The average molecular weight is 247 g/mol. The van der Waals surface area contributed by atoms with Crippen molar-refractivity contribution in [3.05, 3.63) is 42.4 Å². The number of benzene rings is 1. The van der Waals surface area contributed by atoms with Crippen molar-refractivity contribution in [2.45, 2.75) is 16.5 Å². The summed E-state index contributed by atoms with van der Waals surface area (Å²) in [4.78, 5) is 9.49. The molecule has 0 spiro atoms. The highest BCUT2D eigenvalue weighted by molar-refractivity contribution is 7.99. The van der Waals surface area contributed by atoms with Crippen molar-refractivity contribution >= 4 is 11.8 Å². The molecule has 0 radical (unpaired) electrons. The molecule has 0 bridgehead atoms. The Balaban J connectivity index is 2.31. The van der Waals surface area contributed by atoms with Gasteiger partial charge in [-0.1, -0.05) is 23.9 Å². The third kappa shape index (κ3) is 2.75. The fraction of sp³-hybridized carbons (Fsp3) is 0.167. The first-order valence-electron chi connectivity index (χ1n) is 5.16. The summed E-state index contributed by atoms with van der Waals surface area (Å²) in [6, 6.07) is 7.80. The monoisotopic (exact) mass is 247 g/mol. The van der Waals surface area contributed by atoms with Gasteiger partial charge in [-0.2, -0.15) is 0 Å². The van der Waals surface area contributed by atoms with E-state index in [-0.39, 0.29) is 0 Å². The minimum Gasteiger partial charge on any atom is -0.496 e. The molecule has 1 aromatic carbocycles. The number of rotatable bonds is 4. The van der Waals surface area contributed by atoms with Crippen molar-refractivity contribution in [3.8, 4) is 5.75 Å². The summed E-state index contributed by atoms with van der Waals surface area (Å²) < 4.78 is 5.29. The van der Waals surface area contributed by atoms with Gasteiger partial charge in [0.05, 0.1) is 17.7 Å². The van der Waals surface area contributed by atoms with Crippen LogP contribution in [0.4, 0.5) is 0 Å². The second-order valence-corrected chi connectivity index (χ2v) is 4.30. The van der Waals surface area contributed by atoms with E-state index >= 15 is 0 Å². The Kier molecular flexibility index (Phi) is 3.95. The molecule has 2 aromatic rings. The highest BCUT2D eigenvalue weighted by Crippen LogP contribution is 2.34. The van der Waals surface area contributed by atoms with E-state index in [1.165, 1.54) is 11.8 Å². The second kappa shape index (κ2) is 5.65. The average Bonchev–Trinajstić information content (AvgIpc) is 2.40. The summed E-state index contributed by atoms with van der Waals surface area (Å²) in [5.74, 6) is 0.825. The zero-order valence-electron chi connectivity index (χ0n) is 9.46. The van der Waals surface area contributed by atoms with Crippen LogP contribution in [-0.4, -0.2) is 17.1 Å². The maximum Gasteiger partial charge on any atom is 0.132 e. The summed E-state index contributed by atoms with van der Waals surface area (Å²) in [5.41, 5.74) is 6.42. The minimum atomic E-state index is 0.380. The summed E-state index contributed by atoms with van der Waals surface area (Å²) in [5, 5.41) is 0.819. The Bertz CT molecular complexity index is 459. The van der Waals surface area contributed by atoms with Gasteiger partial charge in [0.15, 0.2) is 0 Å². The van der Waals surface area contributed by atoms with Crippen molar-refractivity contribution < 1.29 is 4.74 Å². The zero-order chi connectivity index (χ0) is 12.1. The van der Waals surface area contributed by atoms with Crippen LogP contribution in [0.1, 0.15) is 5.69 Å². The number of hydrogen-bond acceptors (Lipinski definition) is 5. The van der Waals surface area contributed by atoms with E-state index in [1.54, 1.807) is 19.5 Å². The fourth-order valence-electron chi connectivity index (χ4n) is 1.39. The maximum atomic E-state index is 5.63. The molecule has 0 unspecified atom stereocenters. The van der Waals surface area contributed by atoms with Crippen LogP contribution >= 0.6 is 11.8 Å². The molecular weight excluding hydrogens is 234 g/mol. The molecule has 0 fully saturated rings. The molecule has 0 saturated heterocycles. The number of ether oxygens (including phenoxy) is 1. The fourth-order valence-corrected chi connectivity index (χ4v) is 2.36. The number of nitrogens with zero attached hydrogens (tertiary/aromatic N) is 2. The first-order valence-corrected chi connectivity index (χ1v) is 5.97. The molecule has 17 heavy (non-hydrogen) atoms. The van der Waals surface area contributed by atoms with Crippen LogP contribution in [-0.2, 0) is 6.54 Å². The van der Waals surface area contributed by atoms with E-state index in [4.69, 9.17) is 10.5 Å². The van der Waals surface area contributed by atoms with Gasteiger partial charge in [-0.15, -0.1) is 0 Å². The van der Waals surface area contributed by atoms with Gasteiger partial charge in [-0.3, -0.25) is 4.98 Å². The largest absolute Gasteiger partial charge is 0.496 e. The number of para-hydroxylation sites is 1. The summed E-state index contributed by atoms with van der Waals surface area (Å²) in [7, 11) is 1.65. The topological polar surface area (TPSA) is 61.0 Å². The summed E-state index contributed by atoms with van der Waals surface area (Å²) in [6.07, 6.45) is 3.31. The molecule has 0 aliphatic rings. The van der Waals surface area contributed by atoms with E-state index in [2.05, 4.69) is 9.97 Å². The highest BCUT2D eigenvalue weighted by atomic mass is 32.2. The minimum absolute atomic E-state index is 0.380. The Hall–Kier alpha value is -1.59. The zero-order valence-corrected chi connectivity index (χ0v) is 10.3. The number of methoxy groups -OCH3 is 1. The standard InChI is InChI=1S/C12H13N3OS/c1-16-10-4-2-3-5-11(10)17-12-9(8-13)14-6-7-15-12/h2-7H,8,13H2,1H3. The van der Waals surface area contributed by atoms with Crippen molar-refractivity contribution in [3.63, 3.8) is 0 Å². The quantitative estimate of drug-likeness (QED) is 0.896. The molecule has 88 valence electrons. The smallest absolute Gasteiger partial charge is 0.132 e. The van der Waals surface area contributed by atoms with Crippen LogP contribution in [0.15, 0.2) is 46.6 Å². The van der Waals surface area contributed by atoms with Crippen LogP contribution in [0.3, 0.4) is 0 Å². The summed E-state index contributed by atoms with van der Waals surface area (Å²) in [6.45, 7) is 0.380. The van der Waals surface area contributed by atoms with Gasteiger partial charge in [0, 0.05) is 18.9 Å². The first kappa shape index (κ1) is 11.9. The van der Waals surface area contributed by atoms with Crippen LogP contribution < -0.4 is 10.5 Å². The van der Waals surface area contributed by atoms with E-state index < -0.39 is 0 Å². The maximum absolute atomic E-state index is 5.63. The highest BCUT2D eigenvalue weighted by Gasteiger charge is 2.08. The van der Waals surface area contributed by atoms with Crippen molar-refractivity contribution in [2.75, 3.05) is 7.11 Å². The molecule has 4 nitrogen and oxygen atoms in total. The van der Waals surface area contributed by atoms with Crippen LogP contribution in [0.5, 0.6) is 5.75 Å². The van der Waals surface area contributed by atoms with Gasteiger partial charge in [0.25, 0.3) is 0 Å². The predicted octanol–water partition coefficient (Wildman–Crippen LogP) is 2.10. The van der Waals surface area contributed by atoms with Gasteiger partial charge in [0.2, 0.25) is 0 Å². The number of aromatic nitrogens is 2. The van der Waals surface area contributed by atoms with Gasteiger partial charge in [0.1, 0.15) is 10.8 Å². The van der Waals surface area contributed by atoms with Crippen LogP contribution in [0.2, 0.25) is 0 Å². The van der Waals surface area contributed by atoms with E-state index in [1.807, 2.05) is 24.3 Å². The lowest BCUT2D eigenvalue weighted by molar-refractivity contribution is 0.405. The first-order chi connectivity index (χ1) is 8.35. The molecule has 0 atom stereocenters. The van der Waals surface area contributed by atoms with Gasteiger partial charge < -0.3 is 10.5 Å². The van der Waals surface area contributed by atoms with Crippen molar-refractivity contribution in [1.82, 2.24) is 9.97 Å². The molecule has 0 aliphatic carbocycles. The Morgan fingerprint density at radius 2 is 2.00 bits per heavy atom. The van der Waals surface area contributed by atoms with Crippen LogP contribution in [0.25, 0.3) is 0 Å². The number of nitrogens with two attached hydrogens (primary N) is 1. The third-order valence-electron chi connectivity index (χ3n) is 2.20. The molecule has 1 heterocycles. The third-order valence-corrected chi connectivity index (χ3v) is 3.30. The van der Waals surface area contributed by atoms with E-state index in [0.29, 0.717) is 6.54 Å². The molecular formula is C12H13N3OS. The lowest BCUT2D eigenvalue weighted by Crippen LogP contribution is -2.02. The molecule has 0 aliphatic heterocycles. The van der Waals surface area contributed by atoms with Gasteiger partial charge >= 0.3 is 0 Å². The molecule has 0 saturated carbocycles. The van der Waals surface area contributed by atoms with Crippen molar-refractivity contribution in [1.29, 1.82) is 0 Å². The SMILES string of the molecule is COc1ccccc1Sc1nccnc1CN. The predicted molar refractivity (Wildman–Crippen MR) is 67.0 cm³/mol. The molecule has 0 amide bonds.